The lowest BCUT2D eigenvalue weighted by Gasteiger charge is -1.90. The van der Waals surface area contributed by atoms with Gasteiger partial charge >= 0.3 is 0 Å². The number of nitrogens with zero attached hydrogens (tertiary/aromatic N) is 1. The summed E-state index contributed by atoms with van der Waals surface area (Å²) in [7, 11) is 0. The van der Waals surface area contributed by atoms with Crippen LogP contribution in [0, 0.1) is 0 Å². The monoisotopic (exact) mass is 256 g/mol. The number of rotatable bonds is 2. The minimum Gasteiger partial charge on any atom is -0.298 e. The minimum atomic E-state index is 0.592. The molecule has 0 saturated heterocycles. The molecule has 0 aromatic carbocycles. The number of thiophene rings is 1. The van der Waals surface area contributed by atoms with Crippen molar-refractivity contribution >= 4 is 33.6 Å². The Kier molecular flexibility index (Phi) is 2.28. The summed E-state index contributed by atoms with van der Waals surface area (Å²) in [6.45, 7) is 0. The van der Waals surface area contributed by atoms with E-state index < -0.39 is 0 Å². The number of hydrogen-bond acceptors (Lipinski definition) is 3. The molecule has 0 spiro atoms. The lowest BCUT2D eigenvalue weighted by atomic mass is 10.2. The van der Waals surface area contributed by atoms with Crippen LogP contribution in [0.25, 0.3) is 10.6 Å². The Morgan fingerprint density at radius 3 is 3.00 bits per heavy atom. The molecule has 13 heavy (non-hydrogen) atoms. The van der Waals surface area contributed by atoms with Gasteiger partial charge < -0.3 is 0 Å². The summed E-state index contributed by atoms with van der Waals surface area (Å²) in [4.78, 5) is 11.6. The standard InChI is InChI=1S/C8H5BrN2OS/c9-7-2-1-6(13-7)8-5(4-12)3-10-11-8/h1-4H,(H,10,11). The van der Waals surface area contributed by atoms with E-state index in [2.05, 4.69) is 26.1 Å². The molecule has 0 bridgehead atoms. The number of carbonyl (C=O) groups is 1. The molecule has 0 radical (unpaired) electrons. The zero-order chi connectivity index (χ0) is 9.26. The van der Waals surface area contributed by atoms with Crippen molar-refractivity contribution in [1.29, 1.82) is 0 Å². The van der Waals surface area contributed by atoms with Crippen LogP contribution < -0.4 is 0 Å². The number of carbonyl (C=O) groups excluding carboxylic acids is 1. The van der Waals surface area contributed by atoms with Crippen LogP contribution in [0.3, 0.4) is 0 Å². The summed E-state index contributed by atoms with van der Waals surface area (Å²) in [5.74, 6) is 0. The van der Waals surface area contributed by atoms with E-state index in [1.807, 2.05) is 12.1 Å². The van der Waals surface area contributed by atoms with Crippen molar-refractivity contribution in [2.75, 3.05) is 0 Å². The zero-order valence-electron chi connectivity index (χ0n) is 6.45. The van der Waals surface area contributed by atoms with Gasteiger partial charge in [-0.3, -0.25) is 9.89 Å². The van der Waals surface area contributed by atoms with Gasteiger partial charge in [0.15, 0.2) is 6.29 Å². The second kappa shape index (κ2) is 3.43. The van der Waals surface area contributed by atoms with E-state index in [0.717, 1.165) is 20.6 Å². The van der Waals surface area contributed by atoms with Gasteiger partial charge in [0, 0.05) is 0 Å². The highest BCUT2D eigenvalue weighted by Gasteiger charge is 2.08. The van der Waals surface area contributed by atoms with Crippen LogP contribution in [0.15, 0.2) is 22.1 Å². The first-order valence-electron chi connectivity index (χ1n) is 3.55. The normalized spacial score (nSPS) is 10.2. The van der Waals surface area contributed by atoms with E-state index in [0.29, 0.717) is 5.56 Å². The van der Waals surface area contributed by atoms with Gasteiger partial charge in [-0.25, -0.2) is 0 Å². The van der Waals surface area contributed by atoms with E-state index >= 15 is 0 Å². The lowest BCUT2D eigenvalue weighted by Crippen LogP contribution is -1.79. The van der Waals surface area contributed by atoms with E-state index in [4.69, 9.17) is 0 Å². The van der Waals surface area contributed by atoms with Crippen LogP contribution in [-0.2, 0) is 0 Å². The van der Waals surface area contributed by atoms with E-state index in [1.54, 1.807) is 11.3 Å². The molecule has 0 aliphatic heterocycles. The smallest absolute Gasteiger partial charge is 0.153 e. The zero-order valence-corrected chi connectivity index (χ0v) is 8.85. The molecule has 3 nitrogen and oxygen atoms in total. The van der Waals surface area contributed by atoms with Crippen molar-refractivity contribution in [1.82, 2.24) is 10.2 Å². The Bertz CT molecular complexity index is 435. The molecule has 0 aliphatic carbocycles. The van der Waals surface area contributed by atoms with Gasteiger partial charge in [-0.05, 0) is 28.1 Å². The van der Waals surface area contributed by atoms with Crippen molar-refractivity contribution in [2.24, 2.45) is 0 Å². The molecule has 2 aromatic heterocycles. The Labute approximate surface area is 86.9 Å². The second-order valence-electron chi connectivity index (χ2n) is 2.42. The summed E-state index contributed by atoms with van der Waals surface area (Å²) in [5.41, 5.74) is 1.38. The average molecular weight is 257 g/mol. The fourth-order valence-electron chi connectivity index (χ4n) is 1.03. The van der Waals surface area contributed by atoms with Gasteiger partial charge in [0.2, 0.25) is 0 Å². The quantitative estimate of drug-likeness (QED) is 0.841. The number of aldehydes is 1. The molecule has 5 heteroatoms. The van der Waals surface area contributed by atoms with Crippen molar-refractivity contribution < 1.29 is 4.79 Å². The highest BCUT2D eigenvalue weighted by atomic mass is 79.9. The van der Waals surface area contributed by atoms with Crippen LogP contribution in [0.1, 0.15) is 10.4 Å². The molecule has 2 aromatic rings. The van der Waals surface area contributed by atoms with Gasteiger partial charge in [-0.2, -0.15) is 5.10 Å². The van der Waals surface area contributed by atoms with Gasteiger partial charge in [0.05, 0.1) is 26.1 Å². The molecular weight excluding hydrogens is 252 g/mol. The fourth-order valence-corrected chi connectivity index (χ4v) is 2.43. The Morgan fingerprint density at radius 2 is 2.38 bits per heavy atom. The number of H-pyrrole nitrogens is 1. The van der Waals surface area contributed by atoms with Crippen LogP contribution in [0.2, 0.25) is 0 Å². The number of aromatic nitrogens is 2. The Hall–Kier alpha value is -0.940. The van der Waals surface area contributed by atoms with Crippen molar-refractivity contribution in [3.63, 3.8) is 0 Å². The topological polar surface area (TPSA) is 45.8 Å². The number of hydrogen-bond donors (Lipinski definition) is 1. The SMILES string of the molecule is O=Cc1cn[nH]c1-c1ccc(Br)s1. The van der Waals surface area contributed by atoms with Crippen LogP contribution >= 0.6 is 27.3 Å². The van der Waals surface area contributed by atoms with Crippen LogP contribution in [0.5, 0.6) is 0 Å². The molecule has 2 heterocycles. The van der Waals surface area contributed by atoms with Gasteiger partial charge in [0.1, 0.15) is 0 Å². The fraction of sp³-hybridized carbons (Fsp3) is 0. The Balaban J connectivity index is 2.51. The van der Waals surface area contributed by atoms with Crippen molar-refractivity contribution in [3.8, 4) is 10.6 Å². The molecule has 1 N–H and O–H groups in total. The maximum atomic E-state index is 10.6. The third-order valence-electron chi connectivity index (χ3n) is 1.62. The summed E-state index contributed by atoms with van der Waals surface area (Å²) in [6, 6.07) is 3.88. The van der Waals surface area contributed by atoms with Crippen molar-refractivity contribution in [3.05, 3.63) is 27.7 Å². The molecule has 0 aliphatic rings. The highest BCUT2D eigenvalue weighted by Crippen LogP contribution is 2.31. The largest absolute Gasteiger partial charge is 0.298 e. The Morgan fingerprint density at radius 1 is 1.54 bits per heavy atom. The molecular formula is C8H5BrN2OS. The summed E-state index contributed by atoms with van der Waals surface area (Å²) in [5, 5.41) is 6.61. The molecule has 0 unspecified atom stereocenters. The predicted molar refractivity (Wildman–Crippen MR) is 55.0 cm³/mol. The number of aromatic amines is 1. The lowest BCUT2D eigenvalue weighted by molar-refractivity contribution is 0.112. The number of halogens is 1. The molecule has 2 rings (SSSR count). The van der Waals surface area contributed by atoms with Crippen LogP contribution in [0.4, 0.5) is 0 Å². The summed E-state index contributed by atoms with van der Waals surface area (Å²) in [6.07, 6.45) is 2.32. The predicted octanol–water partition coefficient (Wildman–Crippen LogP) is 2.71. The third-order valence-corrected chi connectivity index (χ3v) is 3.26. The van der Waals surface area contributed by atoms with Crippen molar-refractivity contribution in [2.45, 2.75) is 0 Å². The van der Waals surface area contributed by atoms with Gasteiger partial charge in [-0.15, -0.1) is 11.3 Å². The third kappa shape index (κ3) is 1.57. The van der Waals surface area contributed by atoms with E-state index in [1.165, 1.54) is 6.20 Å². The molecule has 0 saturated carbocycles. The molecule has 0 fully saturated rings. The average Bonchev–Trinajstić information content (AvgIpc) is 2.71. The summed E-state index contributed by atoms with van der Waals surface area (Å²) >= 11 is 4.92. The molecule has 66 valence electrons. The van der Waals surface area contributed by atoms with Crippen LogP contribution in [-0.4, -0.2) is 16.5 Å². The summed E-state index contributed by atoms with van der Waals surface area (Å²) < 4.78 is 1.04. The minimum absolute atomic E-state index is 0.592. The first kappa shape index (κ1) is 8.65. The first-order valence-corrected chi connectivity index (χ1v) is 5.16. The maximum absolute atomic E-state index is 10.6. The van der Waals surface area contributed by atoms with Gasteiger partial charge in [0.25, 0.3) is 0 Å². The van der Waals surface area contributed by atoms with E-state index in [-0.39, 0.29) is 0 Å². The van der Waals surface area contributed by atoms with E-state index in [9.17, 15) is 4.79 Å². The van der Waals surface area contributed by atoms with Gasteiger partial charge in [-0.1, -0.05) is 0 Å². The highest BCUT2D eigenvalue weighted by molar-refractivity contribution is 9.11. The second-order valence-corrected chi connectivity index (χ2v) is 4.88. The molecule has 0 amide bonds. The number of nitrogens with one attached hydrogen (secondary N) is 1. The maximum Gasteiger partial charge on any atom is 0.153 e. The first-order chi connectivity index (χ1) is 6.31. The molecule has 0 atom stereocenters.